The molecule has 2 heterocycles. The van der Waals surface area contributed by atoms with E-state index in [1.165, 1.54) is 5.56 Å². The quantitative estimate of drug-likeness (QED) is 0.891. The molecule has 0 aromatic carbocycles. The number of likely N-dealkylation sites (N-methyl/N-ethyl adjacent to an activating group) is 1. The van der Waals surface area contributed by atoms with E-state index in [4.69, 9.17) is 16.0 Å². The summed E-state index contributed by atoms with van der Waals surface area (Å²) in [5.41, 5.74) is 2.17. The number of halogens is 1. The summed E-state index contributed by atoms with van der Waals surface area (Å²) >= 11 is 5.98. The van der Waals surface area contributed by atoms with Gasteiger partial charge >= 0.3 is 0 Å². The largest absolute Gasteiger partial charge is 0.453 e. The Bertz CT molecular complexity index is 478. The number of nitrogens with zero attached hydrogens (tertiary/aromatic N) is 2. The molecule has 0 aliphatic carbocycles. The molecule has 17 heavy (non-hydrogen) atoms. The molecule has 5 heteroatoms. The second kappa shape index (κ2) is 5.38. The second-order valence-electron chi connectivity index (χ2n) is 3.90. The smallest absolute Gasteiger partial charge is 0.197 e. The molecule has 0 radical (unpaired) electrons. The third-order valence-electron chi connectivity index (χ3n) is 2.82. The van der Waals surface area contributed by atoms with Crippen LogP contribution in [0, 0.1) is 0 Å². The first-order valence-electron chi connectivity index (χ1n) is 5.66. The van der Waals surface area contributed by atoms with Gasteiger partial charge in [0, 0.05) is 24.3 Å². The summed E-state index contributed by atoms with van der Waals surface area (Å²) < 4.78 is 7.03. The maximum Gasteiger partial charge on any atom is 0.197 e. The molecule has 4 nitrogen and oxygen atoms in total. The predicted molar refractivity (Wildman–Crippen MR) is 67.1 cm³/mol. The number of aromatic nitrogens is 2. The minimum absolute atomic E-state index is 0.149. The number of aryl methyl sites for hydroxylation is 1. The Kier molecular flexibility index (Phi) is 3.86. The maximum absolute atomic E-state index is 5.98. The third kappa shape index (κ3) is 2.70. The van der Waals surface area contributed by atoms with Gasteiger partial charge in [0.1, 0.15) is 0 Å². The Morgan fingerprint density at radius 3 is 2.94 bits per heavy atom. The number of nitrogens with one attached hydrogen (secondary N) is 1. The van der Waals surface area contributed by atoms with Gasteiger partial charge in [0.15, 0.2) is 5.22 Å². The van der Waals surface area contributed by atoms with Gasteiger partial charge in [-0.15, -0.1) is 0 Å². The van der Waals surface area contributed by atoms with Gasteiger partial charge < -0.3 is 9.73 Å². The fourth-order valence-electron chi connectivity index (χ4n) is 1.84. The zero-order valence-corrected chi connectivity index (χ0v) is 10.7. The van der Waals surface area contributed by atoms with Crippen LogP contribution in [0.1, 0.15) is 24.1 Å². The first kappa shape index (κ1) is 12.2. The highest BCUT2D eigenvalue weighted by molar-refractivity contribution is 6.29. The molecular formula is C12H16ClN3O. The van der Waals surface area contributed by atoms with Gasteiger partial charge in [-0.3, -0.25) is 4.68 Å². The first-order chi connectivity index (χ1) is 8.24. The maximum atomic E-state index is 5.98. The molecule has 92 valence electrons. The van der Waals surface area contributed by atoms with Crippen molar-refractivity contribution in [2.45, 2.75) is 25.9 Å². The van der Waals surface area contributed by atoms with Crippen molar-refractivity contribution in [3.05, 3.63) is 41.1 Å². The molecule has 0 amide bonds. The fraction of sp³-hybridized carbons (Fsp3) is 0.417. The van der Waals surface area contributed by atoms with Crippen LogP contribution >= 0.6 is 11.6 Å². The van der Waals surface area contributed by atoms with Gasteiger partial charge in [-0.25, -0.2) is 0 Å². The molecule has 0 aliphatic heterocycles. The third-order valence-corrected chi connectivity index (χ3v) is 3.13. The Balaban J connectivity index is 2.12. The summed E-state index contributed by atoms with van der Waals surface area (Å²) in [6.45, 7) is 2.95. The van der Waals surface area contributed by atoms with E-state index in [-0.39, 0.29) is 6.04 Å². The van der Waals surface area contributed by atoms with E-state index in [1.54, 1.807) is 6.26 Å². The van der Waals surface area contributed by atoms with Crippen LogP contribution in [-0.4, -0.2) is 16.8 Å². The Labute approximate surface area is 106 Å². The van der Waals surface area contributed by atoms with E-state index in [0.29, 0.717) is 5.22 Å². The summed E-state index contributed by atoms with van der Waals surface area (Å²) in [5.74, 6) is 0. The van der Waals surface area contributed by atoms with Crippen LogP contribution in [0.5, 0.6) is 0 Å². The summed E-state index contributed by atoms with van der Waals surface area (Å²) in [7, 11) is 1.91. The van der Waals surface area contributed by atoms with Crippen molar-refractivity contribution in [1.82, 2.24) is 15.1 Å². The Morgan fingerprint density at radius 1 is 1.59 bits per heavy atom. The number of hydrogen-bond donors (Lipinski definition) is 1. The SMILES string of the molecule is CCn1cc(CC(NC)c2ccoc2Cl)cn1. The van der Waals surface area contributed by atoms with Crippen molar-refractivity contribution in [2.24, 2.45) is 0 Å². The van der Waals surface area contributed by atoms with Crippen LogP contribution in [0.15, 0.2) is 29.1 Å². The van der Waals surface area contributed by atoms with Crippen molar-refractivity contribution in [2.75, 3.05) is 7.05 Å². The zero-order valence-electron chi connectivity index (χ0n) is 9.98. The van der Waals surface area contributed by atoms with Crippen molar-refractivity contribution in [3.8, 4) is 0 Å². The van der Waals surface area contributed by atoms with E-state index < -0.39 is 0 Å². The van der Waals surface area contributed by atoms with E-state index in [1.807, 2.05) is 24.0 Å². The molecule has 1 unspecified atom stereocenters. The Morgan fingerprint density at radius 2 is 2.41 bits per heavy atom. The lowest BCUT2D eigenvalue weighted by Crippen LogP contribution is -2.18. The predicted octanol–water partition coefficient (Wildman–Crippen LogP) is 2.65. The molecule has 0 aliphatic rings. The lowest BCUT2D eigenvalue weighted by Gasteiger charge is -2.13. The summed E-state index contributed by atoms with van der Waals surface area (Å²) in [6, 6.07) is 2.05. The summed E-state index contributed by atoms with van der Waals surface area (Å²) in [6.07, 6.45) is 6.40. The van der Waals surface area contributed by atoms with Crippen LogP contribution in [0.25, 0.3) is 0 Å². The van der Waals surface area contributed by atoms with Crippen LogP contribution < -0.4 is 5.32 Å². The molecule has 2 aromatic rings. The minimum Gasteiger partial charge on any atom is -0.453 e. The standard InChI is InChI=1S/C12H16ClN3O/c1-3-16-8-9(7-15-16)6-11(14-2)10-4-5-17-12(10)13/h4-5,7-8,11,14H,3,6H2,1-2H3. The van der Waals surface area contributed by atoms with Crippen LogP contribution in [-0.2, 0) is 13.0 Å². The number of furan rings is 1. The van der Waals surface area contributed by atoms with Crippen molar-refractivity contribution in [1.29, 1.82) is 0 Å². The van der Waals surface area contributed by atoms with Gasteiger partial charge in [-0.05, 0) is 43.6 Å². The fourth-order valence-corrected chi connectivity index (χ4v) is 2.09. The molecule has 0 saturated heterocycles. The lowest BCUT2D eigenvalue weighted by molar-refractivity contribution is 0.544. The van der Waals surface area contributed by atoms with Gasteiger partial charge in [0.2, 0.25) is 0 Å². The minimum atomic E-state index is 0.149. The first-order valence-corrected chi connectivity index (χ1v) is 6.04. The highest BCUT2D eigenvalue weighted by atomic mass is 35.5. The van der Waals surface area contributed by atoms with Gasteiger partial charge in [0.25, 0.3) is 0 Å². The van der Waals surface area contributed by atoms with Crippen LogP contribution in [0.4, 0.5) is 0 Å². The molecule has 0 fully saturated rings. The van der Waals surface area contributed by atoms with Crippen LogP contribution in [0.3, 0.4) is 0 Å². The molecule has 2 aromatic heterocycles. The van der Waals surface area contributed by atoms with Crippen LogP contribution in [0.2, 0.25) is 5.22 Å². The average molecular weight is 254 g/mol. The van der Waals surface area contributed by atoms with Gasteiger partial charge in [0.05, 0.1) is 12.5 Å². The molecular weight excluding hydrogens is 238 g/mol. The number of hydrogen-bond acceptors (Lipinski definition) is 3. The topological polar surface area (TPSA) is 43.0 Å². The lowest BCUT2D eigenvalue weighted by atomic mass is 10.0. The van der Waals surface area contributed by atoms with E-state index in [9.17, 15) is 0 Å². The zero-order chi connectivity index (χ0) is 12.3. The van der Waals surface area contributed by atoms with Crippen molar-refractivity contribution < 1.29 is 4.42 Å². The molecule has 1 N–H and O–H groups in total. The number of rotatable bonds is 5. The van der Waals surface area contributed by atoms with Crippen molar-refractivity contribution in [3.63, 3.8) is 0 Å². The average Bonchev–Trinajstić information content (AvgIpc) is 2.95. The van der Waals surface area contributed by atoms with Gasteiger partial charge in [-0.1, -0.05) is 0 Å². The normalized spacial score (nSPS) is 12.9. The summed E-state index contributed by atoms with van der Waals surface area (Å²) in [5, 5.41) is 7.95. The monoisotopic (exact) mass is 253 g/mol. The molecule has 0 bridgehead atoms. The van der Waals surface area contributed by atoms with E-state index >= 15 is 0 Å². The molecule has 2 rings (SSSR count). The van der Waals surface area contributed by atoms with E-state index in [0.717, 1.165) is 18.5 Å². The molecule has 0 spiro atoms. The second-order valence-corrected chi connectivity index (χ2v) is 4.24. The van der Waals surface area contributed by atoms with Gasteiger partial charge in [-0.2, -0.15) is 5.10 Å². The van der Waals surface area contributed by atoms with E-state index in [2.05, 4.69) is 23.5 Å². The van der Waals surface area contributed by atoms with Crippen molar-refractivity contribution >= 4 is 11.6 Å². The highest BCUT2D eigenvalue weighted by Gasteiger charge is 2.16. The summed E-state index contributed by atoms with van der Waals surface area (Å²) in [4.78, 5) is 0. The Hall–Kier alpha value is -1.26. The molecule has 1 atom stereocenters. The highest BCUT2D eigenvalue weighted by Crippen LogP contribution is 2.26. The molecule has 0 saturated carbocycles.